The van der Waals surface area contributed by atoms with E-state index in [1.807, 2.05) is 25.1 Å². The molecule has 3 heteroatoms. The number of aromatic nitrogens is 2. The van der Waals surface area contributed by atoms with Crippen LogP contribution in [-0.2, 0) is 6.54 Å². The summed E-state index contributed by atoms with van der Waals surface area (Å²) in [5, 5.41) is 0. The normalized spacial score (nSPS) is 10.6. The maximum Gasteiger partial charge on any atom is 0.140 e. The predicted octanol–water partition coefficient (Wildman–Crippen LogP) is 2.21. The molecule has 16 heavy (non-hydrogen) atoms. The minimum absolute atomic E-state index is 0.714. The van der Waals surface area contributed by atoms with Crippen LogP contribution in [0, 0.1) is 6.92 Å². The molecule has 0 amide bonds. The molecule has 0 saturated carbocycles. The van der Waals surface area contributed by atoms with E-state index in [-0.39, 0.29) is 0 Å². The van der Waals surface area contributed by atoms with Crippen molar-refractivity contribution in [2.24, 2.45) is 5.73 Å². The lowest BCUT2D eigenvalue weighted by atomic mass is 10.2. The van der Waals surface area contributed by atoms with Crippen LogP contribution in [0.5, 0.6) is 0 Å². The lowest BCUT2D eigenvalue weighted by molar-refractivity contribution is 0.655. The zero-order valence-corrected chi connectivity index (χ0v) is 9.56. The average molecular weight is 215 g/mol. The van der Waals surface area contributed by atoms with Gasteiger partial charge >= 0.3 is 0 Å². The van der Waals surface area contributed by atoms with E-state index in [4.69, 9.17) is 5.73 Å². The lowest BCUT2D eigenvalue weighted by Crippen LogP contribution is -2.06. The fraction of sp³-hybridized carbons (Fsp3) is 0.308. The van der Waals surface area contributed by atoms with Crippen LogP contribution in [0.25, 0.3) is 11.4 Å². The van der Waals surface area contributed by atoms with Gasteiger partial charge in [0.2, 0.25) is 0 Å². The Morgan fingerprint density at radius 2 is 2.00 bits per heavy atom. The molecule has 0 saturated heterocycles. The average Bonchev–Trinajstić information content (AvgIpc) is 2.69. The fourth-order valence-corrected chi connectivity index (χ4v) is 1.80. The van der Waals surface area contributed by atoms with Crippen molar-refractivity contribution < 1.29 is 0 Å². The van der Waals surface area contributed by atoms with Gasteiger partial charge in [0.1, 0.15) is 5.82 Å². The van der Waals surface area contributed by atoms with Gasteiger partial charge in [0.05, 0.1) is 5.69 Å². The van der Waals surface area contributed by atoms with E-state index in [1.54, 1.807) is 0 Å². The molecule has 1 heterocycles. The Hall–Kier alpha value is -1.61. The second-order valence-electron chi connectivity index (χ2n) is 3.91. The molecule has 2 rings (SSSR count). The topological polar surface area (TPSA) is 43.8 Å². The van der Waals surface area contributed by atoms with Gasteiger partial charge < -0.3 is 10.3 Å². The van der Waals surface area contributed by atoms with Gasteiger partial charge in [-0.05, 0) is 19.9 Å². The van der Waals surface area contributed by atoms with Crippen molar-refractivity contribution in [1.82, 2.24) is 9.55 Å². The lowest BCUT2D eigenvalue weighted by Gasteiger charge is -2.06. The molecule has 1 aromatic heterocycles. The third-order valence-corrected chi connectivity index (χ3v) is 2.53. The maximum absolute atomic E-state index is 5.54. The molecule has 1 aromatic carbocycles. The van der Waals surface area contributed by atoms with Crippen LogP contribution in [0.2, 0.25) is 0 Å². The second kappa shape index (κ2) is 4.94. The summed E-state index contributed by atoms with van der Waals surface area (Å²) in [4.78, 5) is 4.56. The Kier molecular flexibility index (Phi) is 3.37. The van der Waals surface area contributed by atoms with Crippen LogP contribution in [0.4, 0.5) is 0 Å². The summed E-state index contributed by atoms with van der Waals surface area (Å²) >= 11 is 0. The maximum atomic E-state index is 5.54. The first-order valence-corrected chi connectivity index (χ1v) is 5.60. The number of benzene rings is 1. The van der Waals surface area contributed by atoms with Crippen molar-refractivity contribution in [3.8, 4) is 11.4 Å². The van der Waals surface area contributed by atoms with Crippen molar-refractivity contribution >= 4 is 0 Å². The summed E-state index contributed by atoms with van der Waals surface area (Å²) in [7, 11) is 0. The van der Waals surface area contributed by atoms with E-state index in [9.17, 15) is 0 Å². The first-order chi connectivity index (χ1) is 7.81. The summed E-state index contributed by atoms with van der Waals surface area (Å²) in [6.07, 6.45) is 3.06. The molecule has 2 aromatic rings. The van der Waals surface area contributed by atoms with Gasteiger partial charge in [0.15, 0.2) is 0 Å². The molecule has 0 aliphatic rings. The SMILES string of the molecule is Cc1cn(CCCN)c(-c2ccccc2)n1. The van der Waals surface area contributed by atoms with Gasteiger partial charge in [-0.1, -0.05) is 30.3 Å². The monoisotopic (exact) mass is 215 g/mol. The van der Waals surface area contributed by atoms with Crippen molar-refractivity contribution in [2.75, 3.05) is 6.54 Å². The number of imidazole rings is 1. The number of rotatable bonds is 4. The standard InChI is InChI=1S/C13H17N3/c1-11-10-16(9-5-8-14)13(15-11)12-6-3-2-4-7-12/h2-4,6-7,10H,5,8-9,14H2,1H3. The minimum Gasteiger partial charge on any atom is -0.331 e. The van der Waals surface area contributed by atoms with Crippen molar-refractivity contribution in [3.05, 3.63) is 42.2 Å². The smallest absolute Gasteiger partial charge is 0.140 e. The molecule has 0 unspecified atom stereocenters. The Bertz CT molecular complexity index is 445. The van der Waals surface area contributed by atoms with Gasteiger partial charge in [-0.15, -0.1) is 0 Å². The van der Waals surface area contributed by atoms with Gasteiger partial charge in [-0.3, -0.25) is 0 Å². The summed E-state index contributed by atoms with van der Waals surface area (Å²) in [5.74, 6) is 1.03. The largest absolute Gasteiger partial charge is 0.331 e. The first-order valence-electron chi connectivity index (χ1n) is 5.60. The van der Waals surface area contributed by atoms with E-state index in [0.29, 0.717) is 6.54 Å². The Morgan fingerprint density at radius 3 is 2.69 bits per heavy atom. The van der Waals surface area contributed by atoms with Gasteiger partial charge in [-0.2, -0.15) is 0 Å². The highest BCUT2D eigenvalue weighted by molar-refractivity contribution is 5.55. The van der Waals surface area contributed by atoms with E-state index in [0.717, 1.165) is 30.0 Å². The van der Waals surface area contributed by atoms with Gasteiger partial charge in [0, 0.05) is 18.3 Å². The highest BCUT2D eigenvalue weighted by Crippen LogP contribution is 2.18. The third-order valence-electron chi connectivity index (χ3n) is 2.53. The highest BCUT2D eigenvalue weighted by Gasteiger charge is 2.06. The van der Waals surface area contributed by atoms with E-state index in [1.165, 1.54) is 0 Å². The fourth-order valence-electron chi connectivity index (χ4n) is 1.80. The Morgan fingerprint density at radius 1 is 1.25 bits per heavy atom. The zero-order valence-electron chi connectivity index (χ0n) is 9.56. The van der Waals surface area contributed by atoms with Crippen molar-refractivity contribution in [2.45, 2.75) is 19.9 Å². The molecule has 3 nitrogen and oxygen atoms in total. The highest BCUT2D eigenvalue weighted by atomic mass is 15.1. The molecular weight excluding hydrogens is 198 g/mol. The van der Waals surface area contributed by atoms with Crippen molar-refractivity contribution in [1.29, 1.82) is 0 Å². The van der Waals surface area contributed by atoms with Crippen LogP contribution in [0.15, 0.2) is 36.5 Å². The number of nitrogens with two attached hydrogens (primary N) is 1. The quantitative estimate of drug-likeness (QED) is 0.849. The molecule has 0 bridgehead atoms. The predicted molar refractivity (Wildman–Crippen MR) is 66.1 cm³/mol. The molecule has 0 spiro atoms. The molecule has 84 valence electrons. The molecule has 2 N–H and O–H groups in total. The van der Waals surface area contributed by atoms with Gasteiger partial charge in [0.25, 0.3) is 0 Å². The summed E-state index contributed by atoms with van der Waals surface area (Å²) < 4.78 is 2.18. The second-order valence-corrected chi connectivity index (χ2v) is 3.91. The summed E-state index contributed by atoms with van der Waals surface area (Å²) in [5.41, 5.74) is 7.75. The first kappa shape index (κ1) is 10.9. The summed E-state index contributed by atoms with van der Waals surface area (Å²) in [6, 6.07) is 10.3. The molecular formula is C13H17N3. The molecule has 0 atom stereocenters. The minimum atomic E-state index is 0.714. The van der Waals surface area contributed by atoms with Crippen molar-refractivity contribution in [3.63, 3.8) is 0 Å². The number of nitrogens with zero attached hydrogens (tertiary/aromatic N) is 2. The van der Waals surface area contributed by atoms with E-state index < -0.39 is 0 Å². The number of hydrogen-bond donors (Lipinski definition) is 1. The third kappa shape index (κ3) is 2.31. The molecule has 0 aliphatic carbocycles. The van der Waals surface area contributed by atoms with Crippen LogP contribution in [-0.4, -0.2) is 16.1 Å². The number of aryl methyl sites for hydroxylation is 2. The Labute approximate surface area is 95.9 Å². The molecule has 0 aliphatic heterocycles. The zero-order chi connectivity index (χ0) is 11.4. The van der Waals surface area contributed by atoms with Gasteiger partial charge in [-0.25, -0.2) is 4.98 Å². The summed E-state index contributed by atoms with van der Waals surface area (Å²) in [6.45, 7) is 3.67. The van der Waals surface area contributed by atoms with Crippen LogP contribution < -0.4 is 5.73 Å². The van der Waals surface area contributed by atoms with E-state index >= 15 is 0 Å². The van der Waals surface area contributed by atoms with E-state index in [2.05, 4.69) is 27.9 Å². The van der Waals surface area contributed by atoms with Crippen LogP contribution >= 0.6 is 0 Å². The molecule has 0 radical (unpaired) electrons. The Balaban J connectivity index is 2.33. The molecule has 0 fully saturated rings. The van der Waals surface area contributed by atoms with Crippen LogP contribution in [0.3, 0.4) is 0 Å². The number of hydrogen-bond acceptors (Lipinski definition) is 2. The van der Waals surface area contributed by atoms with Crippen LogP contribution in [0.1, 0.15) is 12.1 Å².